The normalized spacial score (nSPS) is 11.3. The number of rotatable bonds is 8. The van der Waals surface area contributed by atoms with Gasteiger partial charge in [0.25, 0.3) is 0 Å². The third kappa shape index (κ3) is 4.48. The Labute approximate surface area is 121 Å². The zero-order chi connectivity index (χ0) is 15.2. The van der Waals surface area contributed by atoms with E-state index in [0.717, 1.165) is 13.1 Å². The highest BCUT2D eigenvalue weighted by molar-refractivity contribution is 5.44. The van der Waals surface area contributed by atoms with E-state index in [9.17, 15) is 0 Å². The zero-order valence-corrected chi connectivity index (χ0v) is 13.3. The summed E-state index contributed by atoms with van der Waals surface area (Å²) < 4.78 is 5.20. The van der Waals surface area contributed by atoms with Crippen molar-refractivity contribution in [3.05, 3.63) is 0 Å². The molecule has 0 fully saturated rings. The average molecular weight is 282 g/mol. The Morgan fingerprint density at radius 3 is 2.20 bits per heavy atom. The lowest BCUT2D eigenvalue weighted by molar-refractivity contribution is 0.158. The van der Waals surface area contributed by atoms with E-state index in [2.05, 4.69) is 44.3 Å². The first-order valence-corrected chi connectivity index (χ1v) is 6.91. The molecule has 0 atom stereocenters. The van der Waals surface area contributed by atoms with Crippen LogP contribution in [0.4, 0.5) is 17.8 Å². The van der Waals surface area contributed by atoms with Crippen molar-refractivity contribution in [1.82, 2.24) is 15.0 Å². The summed E-state index contributed by atoms with van der Waals surface area (Å²) >= 11 is 0. The van der Waals surface area contributed by atoms with Crippen LogP contribution in [0.2, 0.25) is 0 Å². The molecule has 20 heavy (non-hydrogen) atoms. The van der Waals surface area contributed by atoms with E-state index >= 15 is 0 Å². The van der Waals surface area contributed by atoms with Crippen LogP contribution in [0.5, 0.6) is 0 Å². The summed E-state index contributed by atoms with van der Waals surface area (Å²) in [6, 6.07) is 0. The second kappa shape index (κ2) is 7.23. The molecule has 2 N–H and O–H groups in total. The summed E-state index contributed by atoms with van der Waals surface area (Å²) in [5, 5.41) is 6.25. The van der Waals surface area contributed by atoms with Crippen molar-refractivity contribution in [2.24, 2.45) is 0 Å². The first-order valence-electron chi connectivity index (χ1n) is 6.91. The summed E-state index contributed by atoms with van der Waals surface area (Å²) in [5.41, 5.74) is -0.248. The fraction of sp³-hybridized carbons (Fsp3) is 0.769. The van der Waals surface area contributed by atoms with Crippen LogP contribution < -0.4 is 15.5 Å². The summed E-state index contributed by atoms with van der Waals surface area (Å²) in [6.07, 6.45) is 0. The van der Waals surface area contributed by atoms with Gasteiger partial charge >= 0.3 is 0 Å². The lowest BCUT2D eigenvalue weighted by Gasteiger charge is -2.26. The minimum Gasteiger partial charge on any atom is -0.382 e. The molecule has 0 saturated carbocycles. The van der Waals surface area contributed by atoms with Gasteiger partial charge in [-0.25, -0.2) is 0 Å². The molecule has 1 heterocycles. The summed E-state index contributed by atoms with van der Waals surface area (Å²) in [4.78, 5) is 15.3. The quantitative estimate of drug-likeness (QED) is 0.750. The van der Waals surface area contributed by atoms with Crippen molar-refractivity contribution < 1.29 is 4.74 Å². The Kier molecular flexibility index (Phi) is 5.94. The van der Waals surface area contributed by atoms with Crippen molar-refractivity contribution in [2.75, 3.05) is 49.4 Å². The highest BCUT2D eigenvalue weighted by Crippen LogP contribution is 2.17. The van der Waals surface area contributed by atoms with Crippen molar-refractivity contribution >= 4 is 17.8 Å². The average Bonchev–Trinajstić information content (AvgIpc) is 2.39. The maximum atomic E-state index is 5.20. The summed E-state index contributed by atoms with van der Waals surface area (Å²) in [7, 11) is 3.47. The van der Waals surface area contributed by atoms with Crippen molar-refractivity contribution in [3.63, 3.8) is 0 Å². The molecule has 0 aliphatic rings. The number of hydrogen-bond donors (Lipinski definition) is 2. The lowest BCUT2D eigenvalue weighted by atomic mass is 10.1. The van der Waals surface area contributed by atoms with Gasteiger partial charge in [-0.2, -0.15) is 15.0 Å². The zero-order valence-electron chi connectivity index (χ0n) is 13.3. The molecule has 1 rings (SSSR count). The van der Waals surface area contributed by atoms with Crippen molar-refractivity contribution in [3.8, 4) is 0 Å². The second-order valence-corrected chi connectivity index (χ2v) is 5.15. The number of nitrogens with one attached hydrogen (secondary N) is 2. The van der Waals surface area contributed by atoms with Crippen LogP contribution in [-0.2, 0) is 4.74 Å². The maximum absolute atomic E-state index is 5.20. The van der Waals surface area contributed by atoms with E-state index in [1.807, 2.05) is 13.8 Å². The maximum Gasteiger partial charge on any atom is 0.231 e. The molecule has 0 spiro atoms. The van der Waals surface area contributed by atoms with Crippen molar-refractivity contribution in [2.45, 2.75) is 33.2 Å². The van der Waals surface area contributed by atoms with Crippen LogP contribution in [-0.4, -0.2) is 54.3 Å². The Hall–Kier alpha value is -1.63. The van der Waals surface area contributed by atoms with Gasteiger partial charge in [-0.05, 0) is 27.7 Å². The molecule has 0 aromatic carbocycles. The molecular weight excluding hydrogens is 256 g/mol. The first-order chi connectivity index (χ1) is 9.45. The lowest BCUT2D eigenvalue weighted by Crippen LogP contribution is -2.37. The van der Waals surface area contributed by atoms with Crippen LogP contribution in [0.15, 0.2) is 0 Å². The van der Waals surface area contributed by atoms with Crippen LogP contribution in [0, 0.1) is 0 Å². The SMILES string of the molecule is CCN(CC)c1nc(NC)nc(NC(C)(C)COC)n1. The van der Waals surface area contributed by atoms with E-state index in [1.165, 1.54) is 0 Å². The Morgan fingerprint density at radius 1 is 1.10 bits per heavy atom. The molecular formula is C13H26N6O. The summed E-state index contributed by atoms with van der Waals surface area (Å²) in [5.74, 6) is 1.77. The number of ether oxygens (including phenoxy) is 1. The first kappa shape index (κ1) is 16.4. The predicted octanol–water partition coefficient (Wildman–Crippen LogP) is 1.60. The molecule has 0 saturated heterocycles. The third-order valence-corrected chi connectivity index (χ3v) is 2.85. The molecule has 7 nitrogen and oxygen atoms in total. The third-order valence-electron chi connectivity index (χ3n) is 2.85. The second-order valence-electron chi connectivity index (χ2n) is 5.15. The van der Waals surface area contributed by atoms with Gasteiger partial charge in [0, 0.05) is 27.2 Å². The highest BCUT2D eigenvalue weighted by atomic mass is 16.5. The molecule has 0 radical (unpaired) electrons. The fourth-order valence-corrected chi connectivity index (χ4v) is 1.88. The molecule has 0 unspecified atom stereocenters. The Bertz CT molecular complexity index is 419. The largest absolute Gasteiger partial charge is 0.382 e. The molecule has 1 aromatic heterocycles. The monoisotopic (exact) mass is 282 g/mol. The van der Waals surface area contributed by atoms with Gasteiger partial charge in [-0.15, -0.1) is 0 Å². The molecule has 0 bridgehead atoms. The van der Waals surface area contributed by atoms with E-state index < -0.39 is 0 Å². The molecule has 0 aliphatic carbocycles. The van der Waals surface area contributed by atoms with Crippen LogP contribution >= 0.6 is 0 Å². The Morgan fingerprint density at radius 2 is 1.70 bits per heavy atom. The minimum absolute atomic E-state index is 0.248. The van der Waals surface area contributed by atoms with Gasteiger partial charge in [0.2, 0.25) is 17.8 Å². The molecule has 0 aliphatic heterocycles. The van der Waals surface area contributed by atoms with E-state index in [-0.39, 0.29) is 5.54 Å². The van der Waals surface area contributed by atoms with Crippen LogP contribution in [0.3, 0.4) is 0 Å². The number of aromatic nitrogens is 3. The van der Waals surface area contributed by atoms with Gasteiger partial charge in [-0.3, -0.25) is 0 Å². The molecule has 1 aromatic rings. The van der Waals surface area contributed by atoms with Gasteiger partial charge in [0.1, 0.15) is 0 Å². The van der Waals surface area contributed by atoms with E-state index in [0.29, 0.717) is 24.5 Å². The van der Waals surface area contributed by atoms with Crippen molar-refractivity contribution in [1.29, 1.82) is 0 Å². The van der Waals surface area contributed by atoms with Gasteiger partial charge in [0.15, 0.2) is 0 Å². The van der Waals surface area contributed by atoms with Crippen LogP contribution in [0.25, 0.3) is 0 Å². The van der Waals surface area contributed by atoms with Gasteiger partial charge in [-0.1, -0.05) is 0 Å². The fourth-order valence-electron chi connectivity index (χ4n) is 1.88. The molecule has 114 valence electrons. The highest BCUT2D eigenvalue weighted by Gasteiger charge is 2.20. The summed E-state index contributed by atoms with van der Waals surface area (Å²) in [6.45, 7) is 10.5. The Balaban J connectivity index is 3.04. The van der Waals surface area contributed by atoms with E-state index in [4.69, 9.17) is 4.74 Å². The van der Waals surface area contributed by atoms with Gasteiger partial charge in [0.05, 0.1) is 12.1 Å². The number of hydrogen-bond acceptors (Lipinski definition) is 7. The molecule has 0 amide bonds. The predicted molar refractivity (Wildman–Crippen MR) is 82.5 cm³/mol. The molecule has 7 heteroatoms. The topological polar surface area (TPSA) is 75.2 Å². The number of anilines is 3. The van der Waals surface area contributed by atoms with Crippen LogP contribution in [0.1, 0.15) is 27.7 Å². The number of nitrogens with zero attached hydrogens (tertiary/aromatic N) is 4. The minimum atomic E-state index is -0.248. The van der Waals surface area contributed by atoms with Gasteiger partial charge < -0.3 is 20.3 Å². The standard InChI is InChI=1S/C13H26N6O/c1-7-19(8-2)12-16-10(14-5)15-11(17-12)18-13(3,4)9-20-6/h7-9H2,1-6H3,(H2,14,15,16,17,18). The van der Waals surface area contributed by atoms with E-state index in [1.54, 1.807) is 14.2 Å². The smallest absolute Gasteiger partial charge is 0.231 e. The number of methoxy groups -OCH3 is 1.